The molecule has 78 valence electrons. The molecule has 0 aromatic carbocycles. The van der Waals surface area contributed by atoms with Crippen LogP contribution < -0.4 is 5.32 Å². The molecule has 0 spiro atoms. The van der Waals surface area contributed by atoms with Gasteiger partial charge in [0.25, 0.3) is 0 Å². The smallest absolute Gasteiger partial charge is 0.213 e. The molecule has 2 aromatic heterocycles. The number of rotatable bonds is 3. The van der Waals surface area contributed by atoms with Crippen LogP contribution in [0.4, 0.5) is 5.82 Å². The van der Waals surface area contributed by atoms with Crippen LogP contribution in [0.3, 0.4) is 0 Å². The number of nitrogens with one attached hydrogen (secondary N) is 1. The lowest BCUT2D eigenvalue weighted by molar-refractivity contribution is 0.479. The molecule has 0 aliphatic carbocycles. The van der Waals surface area contributed by atoms with Crippen molar-refractivity contribution < 1.29 is 4.42 Å². The van der Waals surface area contributed by atoms with Crippen molar-refractivity contribution in [1.29, 1.82) is 0 Å². The predicted molar refractivity (Wildman–Crippen MR) is 55.3 cm³/mol. The Labute approximate surface area is 87.6 Å². The van der Waals surface area contributed by atoms with E-state index in [9.17, 15) is 0 Å². The highest BCUT2D eigenvalue weighted by Gasteiger charge is 2.00. The van der Waals surface area contributed by atoms with Gasteiger partial charge in [-0.25, -0.2) is 15.0 Å². The molecule has 0 saturated heterocycles. The van der Waals surface area contributed by atoms with Crippen LogP contribution >= 0.6 is 0 Å². The van der Waals surface area contributed by atoms with E-state index in [0.29, 0.717) is 12.4 Å². The zero-order valence-corrected chi connectivity index (χ0v) is 8.69. The minimum atomic E-state index is 0.532. The van der Waals surface area contributed by atoms with Crippen LogP contribution in [0.5, 0.6) is 0 Å². The van der Waals surface area contributed by atoms with E-state index >= 15 is 0 Å². The molecule has 0 radical (unpaired) electrons. The fraction of sp³-hybridized carbons (Fsp3) is 0.300. The van der Waals surface area contributed by atoms with E-state index in [2.05, 4.69) is 20.3 Å². The van der Waals surface area contributed by atoms with Gasteiger partial charge in [-0.2, -0.15) is 0 Å². The molecule has 15 heavy (non-hydrogen) atoms. The monoisotopic (exact) mass is 204 g/mol. The van der Waals surface area contributed by atoms with Crippen LogP contribution in [0.2, 0.25) is 0 Å². The van der Waals surface area contributed by atoms with Gasteiger partial charge in [0.2, 0.25) is 5.89 Å². The highest BCUT2D eigenvalue weighted by Crippen LogP contribution is 2.06. The second kappa shape index (κ2) is 4.08. The minimum absolute atomic E-state index is 0.532. The summed E-state index contributed by atoms with van der Waals surface area (Å²) in [5.41, 5.74) is 0.927. The molecule has 0 atom stereocenters. The van der Waals surface area contributed by atoms with Crippen LogP contribution in [-0.4, -0.2) is 15.0 Å². The number of nitrogens with zero attached hydrogens (tertiary/aromatic N) is 3. The average molecular weight is 204 g/mol. The molecule has 0 amide bonds. The predicted octanol–water partition coefficient (Wildman–Crippen LogP) is 1.69. The average Bonchev–Trinajstić information content (AvgIpc) is 2.62. The first kappa shape index (κ1) is 9.64. The van der Waals surface area contributed by atoms with Gasteiger partial charge in [-0.05, 0) is 13.8 Å². The van der Waals surface area contributed by atoms with Gasteiger partial charge in [0.15, 0.2) is 0 Å². The van der Waals surface area contributed by atoms with E-state index in [1.165, 1.54) is 6.33 Å². The maximum atomic E-state index is 5.32. The lowest BCUT2D eigenvalue weighted by Gasteiger charge is -2.02. The van der Waals surface area contributed by atoms with Crippen molar-refractivity contribution in [3.05, 3.63) is 35.9 Å². The second-order valence-corrected chi connectivity index (χ2v) is 3.26. The van der Waals surface area contributed by atoms with Gasteiger partial charge in [-0.3, -0.25) is 0 Å². The van der Waals surface area contributed by atoms with Gasteiger partial charge >= 0.3 is 0 Å². The molecule has 5 heteroatoms. The maximum absolute atomic E-state index is 5.32. The van der Waals surface area contributed by atoms with Crippen molar-refractivity contribution >= 4 is 5.82 Å². The van der Waals surface area contributed by atoms with E-state index in [4.69, 9.17) is 4.42 Å². The summed E-state index contributed by atoms with van der Waals surface area (Å²) in [7, 11) is 0. The Bertz CT molecular complexity index is 452. The normalized spacial score (nSPS) is 10.3. The van der Waals surface area contributed by atoms with Gasteiger partial charge < -0.3 is 9.73 Å². The molecule has 2 aromatic rings. The van der Waals surface area contributed by atoms with E-state index in [0.717, 1.165) is 17.3 Å². The van der Waals surface area contributed by atoms with E-state index in [1.54, 1.807) is 6.20 Å². The van der Waals surface area contributed by atoms with E-state index < -0.39 is 0 Å². The summed E-state index contributed by atoms with van der Waals surface area (Å²) in [5.74, 6) is 2.24. The first-order valence-corrected chi connectivity index (χ1v) is 4.68. The van der Waals surface area contributed by atoms with Crippen LogP contribution in [-0.2, 0) is 6.54 Å². The summed E-state index contributed by atoms with van der Waals surface area (Å²) >= 11 is 0. The molecule has 0 bridgehead atoms. The molecular weight excluding hydrogens is 192 g/mol. The Morgan fingerprint density at radius 2 is 2.13 bits per heavy atom. The number of anilines is 1. The molecule has 2 heterocycles. The summed E-state index contributed by atoms with van der Waals surface area (Å²) in [4.78, 5) is 12.2. The molecule has 2 rings (SSSR count). The number of hydrogen-bond donors (Lipinski definition) is 1. The van der Waals surface area contributed by atoms with E-state index in [1.807, 2.05) is 19.9 Å². The van der Waals surface area contributed by atoms with E-state index in [-0.39, 0.29) is 0 Å². The summed E-state index contributed by atoms with van der Waals surface area (Å²) in [6.07, 6.45) is 3.22. The molecule has 0 unspecified atom stereocenters. The Morgan fingerprint density at radius 3 is 2.80 bits per heavy atom. The lowest BCUT2D eigenvalue weighted by atomic mass is 10.4. The fourth-order valence-electron chi connectivity index (χ4n) is 1.20. The molecular formula is C10H12N4O. The lowest BCUT2D eigenvalue weighted by Crippen LogP contribution is -2.02. The van der Waals surface area contributed by atoms with Gasteiger partial charge in [0.05, 0.1) is 12.7 Å². The number of aryl methyl sites for hydroxylation is 2. The Kier molecular flexibility index (Phi) is 2.62. The first-order valence-electron chi connectivity index (χ1n) is 4.68. The SMILES string of the molecule is Cc1cc(NCc2ncc(C)o2)ncn1. The molecule has 0 fully saturated rings. The number of oxazole rings is 1. The summed E-state index contributed by atoms with van der Waals surface area (Å²) in [6, 6.07) is 1.87. The van der Waals surface area contributed by atoms with Crippen LogP contribution in [0, 0.1) is 13.8 Å². The van der Waals surface area contributed by atoms with Gasteiger partial charge in [0, 0.05) is 11.8 Å². The van der Waals surface area contributed by atoms with Crippen LogP contribution in [0.15, 0.2) is 23.0 Å². The molecule has 5 nitrogen and oxygen atoms in total. The van der Waals surface area contributed by atoms with Crippen molar-refractivity contribution in [1.82, 2.24) is 15.0 Å². The van der Waals surface area contributed by atoms with Gasteiger partial charge in [0.1, 0.15) is 17.9 Å². The zero-order valence-electron chi connectivity index (χ0n) is 8.69. The first-order chi connectivity index (χ1) is 7.24. The quantitative estimate of drug-likeness (QED) is 0.824. The highest BCUT2D eigenvalue weighted by atomic mass is 16.4. The largest absolute Gasteiger partial charge is 0.444 e. The van der Waals surface area contributed by atoms with Crippen molar-refractivity contribution in [2.24, 2.45) is 0 Å². The maximum Gasteiger partial charge on any atom is 0.213 e. The summed E-state index contributed by atoms with van der Waals surface area (Å²) < 4.78 is 5.32. The molecule has 0 aliphatic rings. The number of aromatic nitrogens is 3. The zero-order chi connectivity index (χ0) is 10.7. The number of hydrogen-bond acceptors (Lipinski definition) is 5. The van der Waals surface area contributed by atoms with Crippen molar-refractivity contribution in [3.8, 4) is 0 Å². The minimum Gasteiger partial charge on any atom is -0.444 e. The molecule has 0 saturated carbocycles. The van der Waals surface area contributed by atoms with Crippen molar-refractivity contribution in [3.63, 3.8) is 0 Å². The summed E-state index contributed by atoms with van der Waals surface area (Å²) in [6.45, 7) is 4.32. The van der Waals surface area contributed by atoms with Crippen LogP contribution in [0.25, 0.3) is 0 Å². The van der Waals surface area contributed by atoms with Crippen molar-refractivity contribution in [2.45, 2.75) is 20.4 Å². The third-order valence-corrected chi connectivity index (χ3v) is 1.89. The molecule has 0 aliphatic heterocycles. The Hall–Kier alpha value is -1.91. The molecule has 1 N–H and O–H groups in total. The third kappa shape index (κ3) is 2.52. The standard InChI is InChI=1S/C10H12N4O/c1-7-3-9(14-6-13-7)11-5-10-12-4-8(2)15-10/h3-4,6H,5H2,1-2H3,(H,11,13,14). The Balaban J connectivity index is 1.99. The third-order valence-electron chi connectivity index (χ3n) is 1.89. The summed E-state index contributed by atoms with van der Waals surface area (Å²) in [5, 5.41) is 3.11. The second-order valence-electron chi connectivity index (χ2n) is 3.26. The van der Waals surface area contributed by atoms with Crippen molar-refractivity contribution in [2.75, 3.05) is 5.32 Å². The van der Waals surface area contributed by atoms with Gasteiger partial charge in [-0.15, -0.1) is 0 Å². The Morgan fingerprint density at radius 1 is 1.27 bits per heavy atom. The fourth-order valence-corrected chi connectivity index (χ4v) is 1.20. The highest BCUT2D eigenvalue weighted by molar-refractivity contribution is 5.34. The topological polar surface area (TPSA) is 63.8 Å². The van der Waals surface area contributed by atoms with Gasteiger partial charge in [-0.1, -0.05) is 0 Å². The van der Waals surface area contributed by atoms with Crippen LogP contribution in [0.1, 0.15) is 17.3 Å².